The molecule has 0 amide bonds. The van der Waals surface area contributed by atoms with Crippen molar-refractivity contribution in [2.75, 3.05) is 0 Å². The molecule has 13 heavy (non-hydrogen) atoms. The third-order valence-electron chi connectivity index (χ3n) is 2.23. The Hall–Kier alpha value is -1.35. The summed E-state index contributed by atoms with van der Waals surface area (Å²) in [5, 5.41) is 0. The van der Waals surface area contributed by atoms with E-state index in [0.717, 1.165) is 5.69 Å². The molecule has 0 atom stereocenters. The summed E-state index contributed by atoms with van der Waals surface area (Å²) in [6, 6.07) is 8.40. The second-order valence-corrected chi connectivity index (χ2v) is 4.11. The maximum absolute atomic E-state index is 4.28. The van der Waals surface area contributed by atoms with E-state index in [0.29, 0.717) is 0 Å². The SMILES string of the molecule is Cc1ncn2c1sc1ccccc12. The molecule has 0 radical (unpaired) electrons. The number of hydrogen-bond acceptors (Lipinski definition) is 2. The zero-order valence-corrected chi connectivity index (χ0v) is 8.01. The summed E-state index contributed by atoms with van der Waals surface area (Å²) in [4.78, 5) is 5.53. The standard InChI is InChI=1S/C10H8N2S/c1-7-10-12(6-11-7)8-4-2-3-5-9(8)13-10/h2-6H,1H3. The van der Waals surface area contributed by atoms with Crippen LogP contribution in [0.25, 0.3) is 15.0 Å². The lowest BCUT2D eigenvalue weighted by atomic mass is 10.3. The summed E-state index contributed by atoms with van der Waals surface area (Å²) in [6.07, 6.45) is 1.89. The van der Waals surface area contributed by atoms with Gasteiger partial charge in [-0.3, -0.25) is 4.40 Å². The third-order valence-corrected chi connectivity index (χ3v) is 3.48. The second-order valence-electron chi connectivity index (χ2n) is 3.07. The fraction of sp³-hybridized carbons (Fsp3) is 0.100. The highest BCUT2D eigenvalue weighted by atomic mass is 32.1. The quantitative estimate of drug-likeness (QED) is 0.530. The van der Waals surface area contributed by atoms with E-state index in [1.165, 1.54) is 15.0 Å². The molecule has 0 fully saturated rings. The van der Waals surface area contributed by atoms with Gasteiger partial charge in [0.1, 0.15) is 11.2 Å². The molecule has 0 saturated carbocycles. The highest BCUT2D eigenvalue weighted by molar-refractivity contribution is 7.24. The van der Waals surface area contributed by atoms with Crippen LogP contribution in [-0.2, 0) is 0 Å². The normalized spacial score (nSPS) is 11.5. The van der Waals surface area contributed by atoms with Crippen molar-refractivity contribution in [3.8, 4) is 0 Å². The van der Waals surface area contributed by atoms with Gasteiger partial charge in [-0.2, -0.15) is 0 Å². The summed E-state index contributed by atoms with van der Waals surface area (Å²) in [5.74, 6) is 0. The molecule has 3 aromatic rings. The zero-order valence-electron chi connectivity index (χ0n) is 7.19. The van der Waals surface area contributed by atoms with Crippen LogP contribution in [0.2, 0.25) is 0 Å². The summed E-state index contributed by atoms with van der Waals surface area (Å²) < 4.78 is 3.47. The Morgan fingerprint density at radius 2 is 2.15 bits per heavy atom. The molecule has 0 aliphatic heterocycles. The Labute approximate surface area is 79.5 Å². The van der Waals surface area contributed by atoms with E-state index < -0.39 is 0 Å². The predicted octanol–water partition coefficient (Wildman–Crippen LogP) is 2.86. The Morgan fingerprint density at radius 3 is 3.08 bits per heavy atom. The molecular formula is C10H8N2S. The van der Waals surface area contributed by atoms with E-state index in [1.54, 1.807) is 11.3 Å². The van der Waals surface area contributed by atoms with Gasteiger partial charge in [-0.15, -0.1) is 11.3 Å². The van der Waals surface area contributed by atoms with Gasteiger partial charge in [0, 0.05) is 0 Å². The van der Waals surface area contributed by atoms with Crippen LogP contribution in [0.3, 0.4) is 0 Å². The Bertz CT molecular complexity index is 577. The molecule has 3 heteroatoms. The Balaban J connectivity index is 2.64. The minimum Gasteiger partial charge on any atom is -0.289 e. The number of aryl methyl sites for hydroxylation is 1. The monoisotopic (exact) mass is 188 g/mol. The van der Waals surface area contributed by atoms with E-state index in [9.17, 15) is 0 Å². The molecule has 0 aliphatic carbocycles. The van der Waals surface area contributed by atoms with Crippen LogP contribution in [0.15, 0.2) is 30.6 Å². The predicted molar refractivity (Wildman–Crippen MR) is 55.3 cm³/mol. The van der Waals surface area contributed by atoms with Crippen LogP contribution in [0.1, 0.15) is 5.69 Å². The Kier molecular flexibility index (Phi) is 1.27. The molecule has 1 aromatic carbocycles. The number of rotatable bonds is 0. The zero-order chi connectivity index (χ0) is 8.84. The summed E-state index contributed by atoms with van der Waals surface area (Å²) in [7, 11) is 0. The number of fused-ring (bicyclic) bond motifs is 3. The van der Waals surface area contributed by atoms with E-state index in [-0.39, 0.29) is 0 Å². The number of nitrogens with zero attached hydrogens (tertiary/aromatic N) is 2. The molecule has 3 rings (SSSR count). The molecule has 0 aliphatic rings. The van der Waals surface area contributed by atoms with Crippen molar-refractivity contribution in [1.82, 2.24) is 9.38 Å². The van der Waals surface area contributed by atoms with Crippen molar-refractivity contribution >= 4 is 26.4 Å². The van der Waals surface area contributed by atoms with Crippen molar-refractivity contribution in [2.45, 2.75) is 6.92 Å². The van der Waals surface area contributed by atoms with Crippen molar-refractivity contribution in [3.05, 3.63) is 36.3 Å². The van der Waals surface area contributed by atoms with Gasteiger partial charge in [0.2, 0.25) is 0 Å². The molecule has 0 bridgehead atoms. The topological polar surface area (TPSA) is 17.3 Å². The highest BCUT2D eigenvalue weighted by Crippen LogP contribution is 2.27. The van der Waals surface area contributed by atoms with Crippen LogP contribution in [-0.4, -0.2) is 9.38 Å². The van der Waals surface area contributed by atoms with Crippen LogP contribution in [0.4, 0.5) is 0 Å². The summed E-state index contributed by atoms with van der Waals surface area (Å²) >= 11 is 1.80. The average molecular weight is 188 g/mol. The molecular weight excluding hydrogens is 180 g/mol. The first-order valence-corrected chi connectivity index (χ1v) is 4.99. The first-order chi connectivity index (χ1) is 6.36. The molecule has 0 unspecified atom stereocenters. The lowest BCUT2D eigenvalue weighted by Gasteiger charge is -1.86. The number of imidazole rings is 1. The first kappa shape index (κ1) is 7.09. The number of thiazole rings is 1. The lowest BCUT2D eigenvalue weighted by Crippen LogP contribution is -1.74. The van der Waals surface area contributed by atoms with Crippen LogP contribution >= 0.6 is 11.3 Å². The molecule has 2 nitrogen and oxygen atoms in total. The smallest absolute Gasteiger partial charge is 0.123 e. The van der Waals surface area contributed by atoms with E-state index in [4.69, 9.17) is 0 Å². The minimum atomic E-state index is 1.11. The largest absolute Gasteiger partial charge is 0.289 e. The maximum Gasteiger partial charge on any atom is 0.123 e. The van der Waals surface area contributed by atoms with Gasteiger partial charge in [0.05, 0.1) is 15.9 Å². The molecule has 2 aromatic heterocycles. The number of para-hydroxylation sites is 1. The third kappa shape index (κ3) is 0.848. The molecule has 2 heterocycles. The number of aromatic nitrogens is 2. The van der Waals surface area contributed by atoms with Gasteiger partial charge in [-0.05, 0) is 19.1 Å². The van der Waals surface area contributed by atoms with Crippen molar-refractivity contribution in [2.24, 2.45) is 0 Å². The summed E-state index contributed by atoms with van der Waals surface area (Å²) in [5.41, 5.74) is 2.37. The van der Waals surface area contributed by atoms with Gasteiger partial charge in [0.25, 0.3) is 0 Å². The second kappa shape index (κ2) is 2.33. The van der Waals surface area contributed by atoms with E-state index in [1.807, 2.05) is 13.3 Å². The lowest BCUT2D eigenvalue weighted by molar-refractivity contribution is 1.20. The molecule has 0 N–H and O–H groups in total. The Morgan fingerprint density at radius 1 is 1.31 bits per heavy atom. The molecule has 0 saturated heterocycles. The average Bonchev–Trinajstić information content (AvgIpc) is 2.67. The molecule has 0 spiro atoms. The van der Waals surface area contributed by atoms with E-state index >= 15 is 0 Å². The van der Waals surface area contributed by atoms with Crippen molar-refractivity contribution < 1.29 is 0 Å². The summed E-state index contributed by atoms with van der Waals surface area (Å²) in [6.45, 7) is 2.05. The number of hydrogen-bond donors (Lipinski definition) is 0. The van der Waals surface area contributed by atoms with Crippen molar-refractivity contribution in [3.63, 3.8) is 0 Å². The van der Waals surface area contributed by atoms with Crippen LogP contribution < -0.4 is 0 Å². The van der Waals surface area contributed by atoms with Gasteiger partial charge < -0.3 is 0 Å². The van der Waals surface area contributed by atoms with Gasteiger partial charge in [-0.25, -0.2) is 4.98 Å². The van der Waals surface area contributed by atoms with Gasteiger partial charge in [0.15, 0.2) is 0 Å². The number of benzene rings is 1. The van der Waals surface area contributed by atoms with Crippen LogP contribution in [0.5, 0.6) is 0 Å². The van der Waals surface area contributed by atoms with Crippen molar-refractivity contribution in [1.29, 1.82) is 0 Å². The minimum absolute atomic E-state index is 1.11. The van der Waals surface area contributed by atoms with Gasteiger partial charge in [-0.1, -0.05) is 12.1 Å². The maximum atomic E-state index is 4.28. The first-order valence-electron chi connectivity index (χ1n) is 4.17. The fourth-order valence-corrected chi connectivity index (χ4v) is 2.64. The van der Waals surface area contributed by atoms with E-state index in [2.05, 4.69) is 33.7 Å². The van der Waals surface area contributed by atoms with Crippen LogP contribution in [0, 0.1) is 6.92 Å². The fourth-order valence-electron chi connectivity index (χ4n) is 1.57. The van der Waals surface area contributed by atoms with Gasteiger partial charge >= 0.3 is 0 Å². The highest BCUT2D eigenvalue weighted by Gasteiger charge is 2.05. The molecule has 64 valence electrons.